The molecule has 19 heteroatoms. The predicted octanol–water partition coefficient (Wildman–Crippen LogP) is 3.51. The van der Waals surface area contributed by atoms with Crippen LogP contribution in [0.1, 0.15) is 85.5 Å². The maximum Gasteiger partial charge on any atom is 0.311 e. The van der Waals surface area contributed by atoms with Gasteiger partial charge in [-0.3, -0.25) is 34.1 Å². The summed E-state index contributed by atoms with van der Waals surface area (Å²) in [6, 6.07) is 5.45. The van der Waals surface area contributed by atoms with E-state index in [-0.39, 0.29) is 49.5 Å². The summed E-state index contributed by atoms with van der Waals surface area (Å²) in [6.07, 6.45) is 21.2. The average molecular weight is 920 g/mol. The van der Waals surface area contributed by atoms with E-state index in [2.05, 4.69) is 39.0 Å². The highest BCUT2D eigenvalue weighted by atomic mass is 16.6. The summed E-state index contributed by atoms with van der Waals surface area (Å²) < 4.78 is 35.9. The van der Waals surface area contributed by atoms with E-state index >= 15 is 0 Å². The topological polar surface area (TPSA) is 241 Å². The van der Waals surface area contributed by atoms with Crippen LogP contribution >= 0.6 is 0 Å². The van der Waals surface area contributed by atoms with Gasteiger partial charge in [0.15, 0.2) is 0 Å². The molecule has 0 bridgehead atoms. The fourth-order valence-electron chi connectivity index (χ4n) is 4.99. The summed E-state index contributed by atoms with van der Waals surface area (Å²) >= 11 is 0. The van der Waals surface area contributed by atoms with Crippen LogP contribution in [0.25, 0.3) is 0 Å². The average Bonchev–Trinajstić information content (AvgIpc) is 3.31. The third kappa shape index (κ3) is 43.4. The molecule has 0 unspecified atom stereocenters. The van der Waals surface area contributed by atoms with Gasteiger partial charge in [-0.15, -0.1) is 19.3 Å². The van der Waals surface area contributed by atoms with Crippen molar-refractivity contribution in [1.82, 2.24) is 21.3 Å². The molecule has 65 heavy (non-hydrogen) atoms. The molecule has 0 aliphatic carbocycles. The number of unbranched alkanes of at least 4 members (excludes halogenated alkanes) is 1. The Balaban J connectivity index is -0.00000104. The minimum Gasteiger partial charge on any atom is -0.427 e. The number of esters is 1. The lowest BCUT2D eigenvalue weighted by Gasteiger charge is -2.33. The Morgan fingerprint density at radius 2 is 1.09 bits per heavy atom. The van der Waals surface area contributed by atoms with E-state index in [1.54, 1.807) is 0 Å². The first-order valence-corrected chi connectivity index (χ1v) is 21.7. The van der Waals surface area contributed by atoms with Crippen LogP contribution in [0.5, 0.6) is 5.75 Å². The fourth-order valence-corrected chi connectivity index (χ4v) is 4.99. The van der Waals surface area contributed by atoms with Crippen molar-refractivity contribution >= 4 is 36.3 Å². The summed E-state index contributed by atoms with van der Waals surface area (Å²) in [4.78, 5) is 66.7. The van der Waals surface area contributed by atoms with Crippen LogP contribution in [0.4, 0.5) is 5.69 Å². The lowest BCUT2D eigenvalue weighted by Crippen LogP contribution is -2.46. The predicted molar refractivity (Wildman–Crippen MR) is 246 cm³/mol. The number of non-ortho nitro benzene ring substituents is 1. The molecular weight excluding hydrogens is 847 g/mol. The van der Waals surface area contributed by atoms with Crippen LogP contribution in [0.3, 0.4) is 0 Å². The van der Waals surface area contributed by atoms with Gasteiger partial charge in [-0.1, -0.05) is 58.3 Å². The molecule has 1 rings (SSSR count). The molecular formula is C46H73N5O14. The standard InChI is InChI=1S/C25H41N3O7.C11H13NO4.C8H13NO3.C2H6/c1-4-9-25(28-22-29,10-7-23(30)26-12-16-34-20-18-32-14-5-2)11-8-24(31)27-13-17-35-21-19-33-15-6-3;1-2-3-4-11(13)16-10-7-5-9(6-8-10)12(14)15;1-2-4-11-6-7-12-5-3-9-8-10;1-2/h2-3,22H,4,7-21H2,1H3,(H,26,30)(H,27,31)(H,28,29);5-8H,2-4H2,1H3;1,8H,3-7H2,(H,9,10);1-2H3. The van der Waals surface area contributed by atoms with Crippen molar-refractivity contribution in [3.8, 4) is 42.8 Å². The van der Waals surface area contributed by atoms with Gasteiger partial charge < -0.3 is 54.4 Å². The van der Waals surface area contributed by atoms with Crippen molar-refractivity contribution in [1.29, 1.82) is 0 Å². The summed E-state index contributed by atoms with van der Waals surface area (Å²) in [5, 5.41) is 21.3. The van der Waals surface area contributed by atoms with Crippen LogP contribution in [0, 0.1) is 47.1 Å². The smallest absolute Gasteiger partial charge is 0.311 e. The number of hydrogen-bond donors (Lipinski definition) is 4. The zero-order valence-corrected chi connectivity index (χ0v) is 38.8. The molecule has 1 aromatic carbocycles. The molecule has 1 aromatic rings. The van der Waals surface area contributed by atoms with Gasteiger partial charge in [0.2, 0.25) is 24.6 Å². The number of carbonyl (C=O) groups is 5. The van der Waals surface area contributed by atoms with E-state index in [0.29, 0.717) is 130 Å². The van der Waals surface area contributed by atoms with Gasteiger partial charge >= 0.3 is 5.97 Å². The second kappa shape index (κ2) is 49.4. The van der Waals surface area contributed by atoms with Gasteiger partial charge in [0.1, 0.15) is 25.6 Å². The quantitative estimate of drug-likeness (QED) is 0.0142. The van der Waals surface area contributed by atoms with Crippen LogP contribution in [0.15, 0.2) is 24.3 Å². The number of nitro groups is 1. The normalized spacial score (nSPS) is 9.92. The molecule has 0 saturated carbocycles. The van der Waals surface area contributed by atoms with Crippen molar-refractivity contribution < 1.29 is 62.1 Å². The molecule has 0 saturated heterocycles. The second-order valence-corrected chi connectivity index (χ2v) is 13.0. The van der Waals surface area contributed by atoms with Gasteiger partial charge in [0.25, 0.3) is 5.69 Å². The zero-order valence-electron chi connectivity index (χ0n) is 38.8. The Morgan fingerprint density at radius 3 is 1.48 bits per heavy atom. The van der Waals surface area contributed by atoms with Gasteiger partial charge in [-0.25, -0.2) is 0 Å². The molecule has 0 heterocycles. The number of carbonyl (C=O) groups excluding carboxylic acids is 5. The van der Waals surface area contributed by atoms with E-state index in [1.165, 1.54) is 24.3 Å². The SMILES string of the molecule is C#CCOCCOCCNC(=O)CCC(CCC)(CCC(=O)NCCOCCOCC#C)NC=O.C#CCOCCOCCNC=O.CC.CCCCC(=O)Oc1ccc([N+](=O)[O-])cc1. The molecule has 0 aromatic heterocycles. The number of nitrogens with zero attached hydrogens (tertiary/aromatic N) is 1. The molecule has 0 fully saturated rings. The van der Waals surface area contributed by atoms with E-state index in [4.69, 9.17) is 52.4 Å². The maximum atomic E-state index is 12.3. The molecule has 0 atom stereocenters. The lowest BCUT2D eigenvalue weighted by atomic mass is 9.83. The third-order valence-corrected chi connectivity index (χ3v) is 8.05. The first kappa shape index (κ1) is 63.7. The summed E-state index contributed by atoms with van der Waals surface area (Å²) in [5.41, 5.74) is -0.644. The number of nitro benzene ring substituents is 1. The lowest BCUT2D eigenvalue weighted by molar-refractivity contribution is -0.384. The van der Waals surface area contributed by atoms with Gasteiger partial charge in [-0.2, -0.15) is 0 Å². The van der Waals surface area contributed by atoms with Crippen LogP contribution in [-0.4, -0.2) is 140 Å². The highest BCUT2D eigenvalue weighted by Gasteiger charge is 2.30. The van der Waals surface area contributed by atoms with Crippen molar-refractivity contribution in [3.05, 3.63) is 34.4 Å². The van der Waals surface area contributed by atoms with Crippen molar-refractivity contribution in [2.24, 2.45) is 0 Å². The van der Waals surface area contributed by atoms with E-state index < -0.39 is 10.5 Å². The molecule has 0 aliphatic heterocycles. The minimum atomic E-state index is -0.624. The zero-order chi connectivity index (χ0) is 49.1. The first-order chi connectivity index (χ1) is 31.6. The maximum absolute atomic E-state index is 12.3. The van der Waals surface area contributed by atoms with Crippen molar-refractivity contribution in [2.45, 2.75) is 91.0 Å². The van der Waals surface area contributed by atoms with E-state index in [9.17, 15) is 34.1 Å². The molecule has 0 radical (unpaired) electrons. The molecule has 366 valence electrons. The second-order valence-electron chi connectivity index (χ2n) is 13.0. The van der Waals surface area contributed by atoms with Gasteiger partial charge in [-0.05, 0) is 37.8 Å². The van der Waals surface area contributed by atoms with Crippen LogP contribution in [0.2, 0.25) is 0 Å². The Kier molecular flexibility index (Phi) is 48.4. The van der Waals surface area contributed by atoms with Crippen LogP contribution < -0.4 is 26.0 Å². The minimum absolute atomic E-state index is 0.0200. The highest BCUT2D eigenvalue weighted by molar-refractivity contribution is 5.77. The number of rotatable bonds is 37. The molecule has 0 aliphatic rings. The molecule has 19 nitrogen and oxygen atoms in total. The molecule has 4 amide bonds. The van der Waals surface area contributed by atoms with E-state index in [1.807, 2.05) is 27.7 Å². The number of benzene rings is 1. The van der Waals surface area contributed by atoms with Gasteiger partial charge in [0, 0.05) is 56.6 Å². The Morgan fingerprint density at radius 1 is 0.646 bits per heavy atom. The molecule has 0 spiro atoms. The number of amides is 4. The summed E-state index contributed by atoms with van der Waals surface area (Å²) in [7, 11) is 0. The summed E-state index contributed by atoms with van der Waals surface area (Å²) in [5.74, 6) is 6.83. The Bertz CT molecular complexity index is 1450. The van der Waals surface area contributed by atoms with Gasteiger partial charge in [0.05, 0.1) is 64.4 Å². The number of terminal acetylenes is 3. The van der Waals surface area contributed by atoms with E-state index in [0.717, 1.165) is 19.3 Å². The Hall–Kier alpha value is -5.59. The van der Waals surface area contributed by atoms with Crippen LogP contribution in [-0.2, 0) is 52.4 Å². The first-order valence-electron chi connectivity index (χ1n) is 21.7. The number of hydrogen-bond acceptors (Lipinski definition) is 14. The summed E-state index contributed by atoms with van der Waals surface area (Å²) in [6.45, 7) is 13.9. The van der Waals surface area contributed by atoms with Crippen molar-refractivity contribution in [3.63, 3.8) is 0 Å². The fraction of sp³-hybridized carbons (Fsp3) is 0.630. The largest absolute Gasteiger partial charge is 0.427 e. The Labute approximate surface area is 385 Å². The third-order valence-electron chi connectivity index (χ3n) is 8.05. The molecule has 4 N–H and O–H groups in total. The highest BCUT2D eigenvalue weighted by Crippen LogP contribution is 2.25. The monoisotopic (exact) mass is 920 g/mol. The van der Waals surface area contributed by atoms with Crippen molar-refractivity contribution in [2.75, 3.05) is 98.9 Å². The number of nitrogens with one attached hydrogen (secondary N) is 4. The number of ether oxygens (including phenoxy) is 7.